The lowest BCUT2D eigenvalue weighted by Gasteiger charge is -2.21. The van der Waals surface area contributed by atoms with E-state index in [0.29, 0.717) is 6.04 Å². The van der Waals surface area contributed by atoms with Crippen LogP contribution in [-0.2, 0) is 0 Å². The molecule has 2 amide bonds. The first-order chi connectivity index (χ1) is 9.99. The molecule has 1 heterocycles. The summed E-state index contributed by atoms with van der Waals surface area (Å²) in [6, 6.07) is 0.128. The number of rotatable bonds is 7. The van der Waals surface area contributed by atoms with Crippen LogP contribution in [0.15, 0.2) is 0 Å². The van der Waals surface area contributed by atoms with E-state index in [1.165, 1.54) is 0 Å². The smallest absolute Gasteiger partial charge is 0.317 e. The van der Waals surface area contributed by atoms with Gasteiger partial charge in [0.15, 0.2) is 5.82 Å². The molecule has 1 unspecified atom stereocenters. The quantitative estimate of drug-likeness (QED) is 0.799. The zero-order chi connectivity index (χ0) is 15.4. The molecule has 1 N–H and O–H groups in total. The van der Waals surface area contributed by atoms with E-state index in [1.54, 1.807) is 4.90 Å². The molecule has 0 aromatic carbocycles. The van der Waals surface area contributed by atoms with Crippen molar-refractivity contribution < 1.29 is 4.79 Å². The van der Waals surface area contributed by atoms with Gasteiger partial charge in [-0.15, -0.1) is 5.10 Å². The van der Waals surface area contributed by atoms with Gasteiger partial charge in [0.05, 0.1) is 12.1 Å². The van der Waals surface area contributed by atoms with E-state index in [1.807, 2.05) is 32.7 Å². The van der Waals surface area contributed by atoms with Gasteiger partial charge in [-0.05, 0) is 57.3 Å². The van der Waals surface area contributed by atoms with Crippen molar-refractivity contribution >= 4 is 6.03 Å². The van der Waals surface area contributed by atoms with Gasteiger partial charge in [-0.3, -0.25) is 0 Å². The van der Waals surface area contributed by atoms with Crippen molar-refractivity contribution in [3.63, 3.8) is 0 Å². The summed E-state index contributed by atoms with van der Waals surface area (Å²) in [5.74, 6) is 0.729. The van der Waals surface area contributed by atoms with E-state index in [9.17, 15) is 4.79 Å². The van der Waals surface area contributed by atoms with E-state index in [0.717, 1.165) is 38.2 Å². The van der Waals surface area contributed by atoms with Crippen molar-refractivity contribution in [2.24, 2.45) is 0 Å². The minimum atomic E-state index is -0.190. The fraction of sp³-hybridized carbons (Fsp3) is 0.846. The molecule has 1 fully saturated rings. The molecule has 2 rings (SSSR count). The van der Waals surface area contributed by atoms with Gasteiger partial charge >= 0.3 is 6.03 Å². The van der Waals surface area contributed by atoms with Crippen molar-refractivity contribution in [3.8, 4) is 0 Å². The van der Waals surface area contributed by atoms with Gasteiger partial charge in [0, 0.05) is 13.6 Å². The second-order valence-corrected chi connectivity index (χ2v) is 5.96. The van der Waals surface area contributed by atoms with E-state index in [-0.39, 0.29) is 12.1 Å². The molecule has 1 atom stereocenters. The van der Waals surface area contributed by atoms with Gasteiger partial charge < -0.3 is 15.1 Å². The minimum absolute atomic E-state index is 0.0911. The Hall–Kier alpha value is -1.70. The molecule has 1 aromatic heterocycles. The van der Waals surface area contributed by atoms with E-state index >= 15 is 0 Å². The average molecular weight is 295 g/mol. The summed E-state index contributed by atoms with van der Waals surface area (Å²) in [5, 5.41) is 14.7. The second-order valence-electron chi connectivity index (χ2n) is 5.96. The standard InChI is InChI=1S/C13H25N7O/c1-10(12-15-16-17-20(12)11-6-7-11)14-13(21)19(4)9-5-8-18(2)3/h10-11H,5-9H2,1-4H3,(H,14,21). The van der Waals surface area contributed by atoms with Crippen LogP contribution in [0.1, 0.15) is 44.1 Å². The molecule has 21 heavy (non-hydrogen) atoms. The fourth-order valence-corrected chi connectivity index (χ4v) is 2.15. The normalized spacial score (nSPS) is 16.0. The van der Waals surface area contributed by atoms with E-state index in [4.69, 9.17) is 0 Å². The number of hydrogen-bond donors (Lipinski definition) is 1. The van der Waals surface area contributed by atoms with Gasteiger partial charge in [0.1, 0.15) is 0 Å². The van der Waals surface area contributed by atoms with Crippen molar-refractivity contribution in [3.05, 3.63) is 5.82 Å². The number of nitrogens with zero attached hydrogens (tertiary/aromatic N) is 6. The summed E-state index contributed by atoms with van der Waals surface area (Å²) in [5.41, 5.74) is 0. The van der Waals surface area contributed by atoms with Crippen LogP contribution in [0, 0.1) is 0 Å². The lowest BCUT2D eigenvalue weighted by molar-refractivity contribution is 0.202. The van der Waals surface area contributed by atoms with Crippen LogP contribution < -0.4 is 5.32 Å². The lowest BCUT2D eigenvalue weighted by atomic mass is 10.3. The van der Waals surface area contributed by atoms with Crippen molar-refractivity contribution in [1.29, 1.82) is 0 Å². The summed E-state index contributed by atoms with van der Waals surface area (Å²) < 4.78 is 1.83. The SMILES string of the molecule is CC(NC(=O)N(C)CCCN(C)C)c1nnnn1C1CC1. The predicted molar refractivity (Wildman–Crippen MR) is 78.8 cm³/mol. The van der Waals surface area contributed by atoms with Gasteiger partial charge in [0.2, 0.25) is 0 Å². The Morgan fingerprint density at radius 1 is 1.38 bits per heavy atom. The third kappa shape index (κ3) is 4.38. The summed E-state index contributed by atoms with van der Waals surface area (Å²) >= 11 is 0. The zero-order valence-electron chi connectivity index (χ0n) is 13.3. The molecular formula is C13H25N7O. The number of tetrazole rings is 1. The highest BCUT2D eigenvalue weighted by Crippen LogP contribution is 2.35. The van der Waals surface area contributed by atoms with Crippen LogP contribution in [0.2, 0.25) is 0 Å². The largest absolute Gasteiger partial charge is 0.328 e. The first kappa shape index (κ1) is 15.7. The highest BCUT2D eigenvalue weighted by molar-refractivity contribution is 5.74. The van der Waals surface area contributed by atoms with Gasteiger partial charge in [-0.25, -0.2) is 9.48 Å². The Labute approximate surface area is 125 Å². The Morgan fingerprint density at radius 2 is 2.10 bits per heavy atom. The zero-order valence-corrected chi connectivity index (χ0v) is 13.3. The molecule has 0 bridgehead atoms. The molecule has 8 heteroatoms. The number of carbonyl (C=O) groups is 1. The number of carbonyl (C=O) groups excluding carboxylic acids is 1. The molecule has 8 nitrogen and oxygen atoms in total. The molecule has 1 aromatic rings. The van der Waals surface area contributed by atoms with Crippen molar-refractivity contribution in [2.45, 2.75) is 38.3 Å². The first-order valence-corrected chi connectivity index (χ1v) is 7.43. The second kappa shape index (κ2) is 6.84. The van der Waals surface area contributed by atoms with Crippen LogP contribution in [0.25, 0.3) is 0 Å². The lowest BCUT2D eigenvalue weighted by Crippen LogP contribution is -2.40. The molecule has 0 aliphatic heterocycles. The molecule has 1 aliphatic rings. The maximum absolute atomic E-state index is 12.1. The third-order valence-corrected chi connectivity index (χ3v) is 3.58. The Morgan fingerprint density at radius 3 is 2.71 bits per heavy atom. The number of urea groups is 1. The minimum Gasteiger partial charge on any atom is -0.328 e. The average Bonchev–Trinajstić information content (AvgIpc) is 3.15. The molecule has 0 spiro atoms. The Kier molecular flexibility index (Phi) is 5.11. The highest BCUT2D eigenvalue weighted by Gasteiger charge is 2.30. The Bertz CT molecular complexity index is 469. The maximum Gasteiger partial charge on any atom is 0.317 e. The highest BCUT2D eigenvalue weighted by atomic mass is 16.2. The van der Waals surface area contributed by atoms with Crippen LogP contribution >= 0.6 is 0 Å². The summed E-state index contributed by atoms with van der Waals surface area (Å²) in [6.45, 7) is 3.60. The van der Waals surface area contributed by atoms with Crippen LogP contribution in [0.4, 0.5) is 4.79 Å². The fourth-order valence-electron chi connectivity index (χ4n) is 2.15. The van der Waals surface area contributed by atoms with Crippen molar-refractivity contribution in [2.75, 3.05) is 34.2 Å². The van der Waals surface area contributed by atoms with Crippen molar-refractivity contribution in [1.82, 2.24) is 35.3 Å². The van der Waals surface area contributed by atoms with E-state index < -0.39 is 0 Å². The summed E-state index contributed by atoms with van der Waals surface area (Å²) in [6.07, 6.45) is 3.18. The first-order valence-electron chi connectivity index (χ1n) is 7.43. The predicted octanol–water partition coefficient (Wildman–Crippen LogP) is 0.662. The van der Waals surface area contributed by atoms with E-state index in [2.05, 4.69) is 25.7 Å². The molecule has 0 radical (unpaired) electrons. The molecule has 1 saturated carbocycles. The number of amides is 2. The molecule has 118 valence electrons. The third-order valence-electron chi connectivity index (χ3n) is 3.58. The van der Waals surface area contributed by atoms with Gasteiger partial charge in [-0.2, -0.15) is 0 Å². The van der Waals surface area contributed by atoms with Gasteiger partial charge in [-0.1, -0.05) is 0 Å². The number of nitrogens with one attached hydrogen (secondary N) is 1. The molecule has 1 aliphatic carbocycles. The molecule has 0 saturated heterocycles. The van der Waals surface area contributed by atoms with Gasteiger partial charge in [0.25, 0.3) is 0 Å². The summed E-state index contributed by atoms with van der Waals surface area (Å²) in [7, 11) is 5.86. The van der Waals surface area contributed by atoms with Crippen LogP contribution in [0.3, 0.4) is 0 Å². The number of hydrogen-bond acceptors (Lipinski definition) is 5. The van der Waals surface area contributed by atoms with Crippen LogP contribution in [0.5, 0.6) is 0 Å². The maximum atomic E-state index is 12.1. The topological polar surface area (TPSA) is 79.2 Å². The van der Waals surface area contributed by atoms with Crippen LogP contribution in [-0.4, -0.2) is 70.3 Å². The monoisotopic (exact) mass is 295 g/mol. The number of aromatic nitrogens is 4. The Balaban J connectivity index is 1.82. The molecular weight excluding hydrogens is 270 g/mol. The summed E-state index contributed by atoms with van der Waals surface area (Å²) in [4.78, 5) is 16.0.